The Bertz CT molecular complexity index is 786. The number of nitrogens with one attached hydrogen (secondary N) is 2. The molecule has 7 heteroatoms. The number of carbonyl (C=O) groups excluding carboxylic acids is 2. The summed E-state index contributed by atoms with van der Waals surface area (Å²) in [4.78, 5) is 32.5. The summed E-state index contributed by atoms with van der Waals surface area (Å²) in [5.41, 5.74) is 2.46. The van der Waals surface area contributed by atoms with Crippen molar-refractivity contribution in [1.29, 1.82) is 0 Å². The lowest BCUT2D eigenvalue weighted by molar-refractivity contribution is -0.118. The maximum Gasteiger partial charge on any atom is 0.321 e. The van der Waals surface area contributed by atoms with Gasteiger partial charge in [-0.05, 0) is 30.3 Å². The largest absolute Gasteiger partial charge is 0.368 e. The number of benzene rings is 1. The average Bonchev–Trinajstić information content (AvgIpc) is 2.69. The number of hydrogen-bond donors (Lipinski definition) is 2. The van der Waals surface area contributed by atoms with E-state index >= 15 is 0 Å². The molecule has 27 heavy (non-hydrogen) atoms. The van der Waals surface area contributed by atoms with Gasteiger partial charge in [-0.2, -0.15) is 0 Å². The van der Waals surface area contributed by atoms with E-state index in [0.29, 0.717) is 24.5 Å². The van der Waals surface area contributed by atoms with Crippen LogP contribution in [0.15, 0.2) is 48.8 Å². The van der Waals surface area contributed by atoms with E-state index in [9.17, 15) is 9.59 Å². The number of rotatable bonds is 4. The summed E-state index contributed by atoms with van der Waals surface area (Å²) in [7, 11) is 0. The van der Waals surface area contributed by atoms with Crippen LogP contribution in [0.2, 0.25) is 0 Å². The van der Waals surface area contributed by atoms with E-state index in [1.807, 2.05) is 44.2 Å². The van der Waals surface area contributed by atoms with Gasteiger partial charge in [-0.15, -0.1) is 0 Å². The van der Waals surface area contributed by atoms with Gasteiger partial charge in [0.1, 0.15) is 0 Å². The zero-order valence-electron chi connectivity index (χ0n) is 15.7. The van der Waals surface area contributed by atoms with Crippen molar-refractivity contribution >= 4 is 29.0 Å². The van der Waals surface area contributed by atoms with E-state index in [-0.39, 0.29) is 17.9 Å². The number of nitrogens with zero attached hydrogens (tertiary/aromatic N) is 3. The van der Waals surface area contributed by atoms with Crippen LogP contribution in [0, 0.1) is 5.92 Å². The first-order chi connectivity index (χ1) is 13.0. The fourth-order valence-corrected chi connectivity index (χ4v) is 2.89. The Morgan fingerprint density at radius 3 is 2.22 bits per heavy atom. The number of urea groups is 1. The minimum Gasteiger partial charge on any atom is -0.368 e. The number of carbonyl (C=O) groups is 2. The Morgan fingerprint density at radius 2 is 1.59 bits per heavy atom. The van der Waals surface area contributed by atoms with Crippen molar-refractivity contribution in [2.75, 3.05) is 41.7 Å². The molecule has 1 aromatic heterocycles. The topological polar surface area (TPSA) is 77.6 Å². The van der Waals surface area contributed by atoms with Gasteiger partial charge in [0.05, 0.1) is 0 Å². The van der Waals surface area contributed by atoms with Crippen molar-refractivity contribution in [3.63, 3.8) is 0 Å². The van der Waals surface area contributed by atoms with Gasteiger partial charge in [0.15, 0.2) is 0 Å². The molecule has 0 saturated carbocycles. The van der Waals surface area contributed by atoms with Crippen molar-refractivity contribution < 1.29 is 9.59 Å². The molecule has 0 radical (unpaired) electrons. The van der Waals surface area contributed by atoms with Gasteiger partial charge in [-0.25, -0.2) is 4.79 Å². The second kappa shape index (κ2) is 8.53. The number of pyridine rings is 1. The zero-order valence-corrected chi connectivity index (χ0v) is 15.7. The van der Waals surface area contributed by atoms with E-state index in [1.54, 1.807) is 23.4 Å². The Balaban J connectivity index is 1.54. The van der Waals surface area contributed by atoms with Crippen LogP contribution in [-0.4, -0.2) is 48.0 Å². The number of piperazine rings is 1. The standard InChI is InChI=1S/C20H25N5O2/c1-15(2)19(26)22-16-4-3-5-17(14-16)23-20(27)25-12-10-24(11-13-25)18-6-8-21-9-7-18/h3-9,14-15H,10-13H2,1-2H3,(H,22,26)(H,23,27). The molecule has 2 N–H and O–H groups in total. The quantitative estimate of drug-likeness (QED) is 0.871. The van der Waals surface area contributed by atoms with Crippen LogP contribution in [0.25, 0.3) is 0 Å². The third-order valence-electron chi connectivity index (χ3n) is 4.50. The molecular formula is C20H25N5O2. The third-order valence-corrected chi connectivity index (χ3v) is 4.50. The Kier molecular flexibility index (Phi) is 5.90. The molecule has 0 aliphatic carbocycles. The molecule has 0 spiro atoms. The van der Waals surface area contributed by atoms with Crippen LogP contribution in [0.4, 0.5) is 21.9 Å². The zero-order chi connectivity index (χ0) is 19.2. The molecule has 1 aliphatic heterocycles. The van der Waals surface area contributed by atoms with Crippen LogP contribution in [-0.2, 0) is 4.79 Å². The third kappa shape index (κ3) is 4.97. The van der Waals surface area contributed by atoms with Gasteiger partial charge < -0.3 is 20.4 Å². The lowest BCUT2D eigenvalue weighted by Crippen LogP contribution is -2.50. The summed E-state index contributed by atoms with van der Waals surface area (Å²) in [6.07, 6.45) is 3.55. The molecule has 2 heterocycles. The lowest BCUT2D eigenvalue weighted by Gasteiger charge is -2.36. The second-order valence-electron chi connectivity index (χ2n) is 6.83. The lowest BCUT2D eigenvalue weighted by atomic mass is 10.2. The molecule has 1 fully saturated rings. The first kappa shape index (κ1) is 18.7. The van der Waals surface area contributed by atoms with Crippen LogP contribution in [0.1, 0.15) is 13.8 Å². The number of anilines is 3. The highest BCUT2D eigenvalue weighted by Crippen LogP contribution is 2.18. The Labute approximate surface area is 159 Å². The summed E-state index contributed by atoms with van der Waals surface area (Å²) in [5.74, 6) is -0.148. The highest BCUT2D eigenvalue weighted by atomic mass is 16.2. The van der Waals surface area contributed by atoms with E-state index < -0.39 is 0 Å². The van der Waals surface area contributed by atoms with Crippen LogP contribution in [0.3, 0.4) is 0 Å². The van der Waals surface area contributed by atoms with Crippen molar-refractivity contribution in [3.05, 3.63) is 48.8 Å². The average molecular weight is 367 g/mol. The van der Waals surface area contributed by atoms with Crippen molar-refractivity contribution in [2.45, 2.75) is 13.8 Å². The summed E-state index contributed by atoms with van der Waals surface area (Å²) in [5, 5.41) is 5.76. The number of amides is 3. The van der Waals surface area contributed by atoms with Gasteiger partial charge in [0.2, 0.25) is 5.91 Å². The van der Waals surface area contributed by atoms with Gasteiger partial charge in [0, 0.05) is 61.6 Å². The minimum absolute atomic E-state index is 0.0503. The molecule has 1 aliphatic rings. The van der Waals surface area contributed by atoms with Crippen molar-refractivity contribution in [1.82, 2.24) is 9.88 Å². The van der Waals surface area contributed by atoms with Crippen molar-refractivity contribution in [3.8, 4) is 0 Å². The molecule has 2 aromatic rings. The van der Waals surface area contributed by atoms with Gasteiger partial charge in [-0.1, -0.05) is 19.9 Å². The molecule has 0 bridgehead atoms. The summed E-state index contributed by atoms with van der Waals surface area (Å²) in [6.45, 7) is 6.54. The van der Waals surface area contributed by atoms with Crippen LogP contribution >= 0.6 is 0 Å². The molecule has 0 unspecified atom stereocenters. The highest BCUT2D eigenvalue weighted by molar-refractivity contribution is 5.94. The van der Waals surface area contributed by atoms with Crippen LogP contribution in [0.5, 0.6) is 0 Å². The van der Waals surface area contributed by atoms with E-state index in [4.69, 9.17) is 0 Å². The normalized spacial score (nSPS) is 14.2. The van der Waals surface area contributed by atoms with E-state index in [2.05, 4.69) is 20.5 Å². The van der Waals surface area contributed by atoms with Crippen LogP contribution < -0.4 is 15.5 Å². The molecule has 7 nitrogen and oxygen atoms in total. The Hall–Kier alpha value is -3.09. The van der Waals surface area contributed by atoms with Gasteiger partial charge in [-0.3, -0.25) is 9.78 Å². The molecule has 3 amide bonds. The SMILES string of the molecule is CC(C)C(=O)Nc1cccc(NC(=O)N2CCN(c3ccncc3)CC2)c1. The molecule has 1 saturated heterocycles. The minimum atomic E-state index is -0.128. The smallest absolute Gasteiger partial charge is 0.321 e. The van der Waals surface area contributed by atoms with Gasteiger partial charge >= 0.3 is 6.03 Å². The fraction of sp³-hybridized carbons (Fsp3) is 0.350. The monoisotopic (exact) mass is 367 g/mol. The molecule has 1 aromatic carbocycles. The molecule has 0 atom stereocenters. The first-order valence-electron chi connectivity index (χ1n) is 9.15. The van der Waals surface area contributed by atoms with E-state index in [0.717, 1.165) is 18.8 Å². The Morgan fingerprint density at radius 1 is 0.963 bits per heavy atom. The second-order valence-corrected chi connectivity index (χ2v) is 6.83. The fourth-order valence-electron chi connectivity index (χ4n) is 2.89. The summed E-state index contributed by atoms with van der Waals surface area (Å²) in [6, 6.07) is 11.0. The van der Waals surface area contributed by atoms with Gasteiger partial charge in [0.25, 0.3) is 0 Å². The highest BCUT2D eigenvalue weighted by Gasteiger charge is 2.21. The molecule has 142 valence electrons. The molecule has 3 rings (SSSR count). The maximum absolute atomic E-state index is 12.6. The van der Waals surface area contributed by atoms with Crippen molar-refractivity contribution in [2.24, 2.45) is 5.92 Å². The summed E-state index contributed by atoms with van der Waals surface area (Å²) >= 11 is 0. The van der Waals surface area contributed by atoms with E-state index in [1.165, 1.54) is 0 Å². The number of aromatic nitrogens is 1. The molecular weight excluding hydrogens is 342 g/mol. The predicted molar refractivity (Wildman–Crippen MR) is 107 cm³/mol. The number of hydrogen-bond acceptors (Lipinski definition) is 4. The maximum atomic E-state index is 12.6. The summed E-state index contributed by atoms with van der Waals surface area (Å²) < 4.78 is 0. The first-order valence-corrected chi connectivity index (χ1v) is 9.15. The predicted octanol–water partition coefficient (Wildman–Crippen LogP) is 3.03.